The predicted molar refractivity (Wildman–Crippen MR) is 72.8 cm³/mol. The first-order valence-electron chi connectivity index (χ1n) is 5.92. The minimum atomic E-state index is -0.182. The summed E-state index contributed by atoms with van der Waals surface area (Å²) in [6, 6.07) is 5.22. The van der Waals surface area contributed by atoms with E-state index in [0.29, 0.717) is 10.4 Å². The van der Waals surface area contributed by atoms with Crippen LogP contribution in [-0.4, -0.2) is 23.9 Å². The average Bonchev–Trinajstić information content (AvgIpc) is 2.36. The Kier molecular flexibility index (Phi) is 4.83. The number of hydrogen-bond donors (Lipinski definition) is 0. The van der Waals surface area contributed by atoms with Crippen molar-refractivity contribution < 1.29 is 4.39 Å². The first kappa shape index (κ1) is 13.3. The van der Waals surface area contributed by atoms with Gasteiger partial charge >= 0.3 is 0 Å². The van der Waals surface area contributed by atoms with Gasteiger partial charge in [0.1, 0.15) is 5.82 Å². The molecule has 0 aliphatic carbocycles. The number of benzene rings is 1. The Bertz CT molecular complexity index is 378. The molecule has 0 atom stereocenters. The third kappa shape index (κ3) is 3.43. The van der Waals surface area contributed by atoms with Gasteiger partial charge in [0.05, 0.1) is 4.47 Å². The number of halogens is 3. The van der Waals surface area contributed by atoms with E-state index in [9.17, 15) is 4.39 Å². The maximum absolute atomic E-state index is 13.4. The molecule has 0 N–H and O–H groups in total. The number of rotatable bonds is 3. The molecule has 0 amide bonds. The molecule has 0 radical (unpaired) electrons. The molecule has 0 saturated carbocycles. The molecule has 1 aromatic rings. The molecule has 17 heavy (non-hydrogen) atoms. The summed E-state index contributed by atoms with van der Waals surface area (Å²) in [5.41, 5.74) is 1.02. The van der Waals surface area contributed by atoms with Crippen molar-refractivity contribution in [1.29, 1.82) is 0 Å². The summed E-state index contributed by atoms with van der Waals surface area (Å²) in [7, 11) is 0. The van der Waals surface area contributed by atoms with Gasteiger partial charge in [0.15, 0.2) is 0 Å². The molecule has 94 valence electrons. The van der Waals surface area contributed by atoms with Crippen LogP contribution in [0.15, 0.2) is 22.7 Å². The van der Waals surface area contributed by atoms with Crippen LogP contribution in [0.25, 0.3) is 0 Å². The first-order chi connectivity index (χ1) is 8.20. The minimum absolute atomic E-state index is 0.182. The molecule has 1 aliphatic heterocycles. The van der Waals surface area contributed by atoms with Crippen LogP contribution in [-0.2, 0) is 6.54 Å². The van der Waals surface area contributed by atoms with Gasteiger partial charge in [0.2, 0.25) is 0 Å². The van der Waals surface area contributed by atoms with E-state index < -0.39 is 0 Å². The van der Waals surface area contributed by atoms with Crippen molar-refractivity contribution in [2.24, 2.45) is 5.92 Å². The van der Waals surface area contributed by atoms with E-state index in [4.69, 9.17) is 11.6 Å². The van der Waals surface area contributed by atoms with E-state index in [2.05, 4.69) is 20.8 Å². The Morgan fingerprint density at radius 2 is 2.06 bits per heavy atom. The second kappa shape index (κ2) is 6.17. The zero-order chi connectivity index (χ0) is 12.3. The highest BCUT2D eigenvalue weighted by Gasteiger charge is 2.19. The number of piperidine rings is 1. The standard InChI is InChI=1S/C13H16BrClFN/c14-13-11(2-1-3-12(13)16)9-17-6-4-10(8-15)5-7-17/h1-3,10H,4-9H2. The molecule has 0 aromatic heterocycles. The molecule has 1 fully saturated rings. The molecule has 0 spiro atoms. The van der Waals surface area contributed by atoms with Crippen LogP contribution in [0, 0.1) is 11.7 Å². The summed E-state index contributed by atoms with van der Waals surface area (Å²) in [6.45, 7) is 2.92. The lowest BCUT2D eigenvalue weighted by molar-refractivity contribution is 0.186. The van der Waals surface area contributed by atoms with Crippen molar-refractivity contribution in [2.45, 2.75) is 19.4 Å². The van der Waals surface area contributed by atoms with Crippen LogP contribution in [0.2, 0.25) is 0 Å². The number of likely N-dealkylation sites (tertiary alicyclic amines) is 1. The average molecular weight is 321 g/mol. The van der Waals surface area contributed by atoms with Gasteiger partial charge in [0, 0.05) is 12.4 Å². The normalized spacial score (nSPS) is 18.5. The summed E-state index contributed by atoms with van der Waals surface area (Å²) in [6.07, 6.45) is 2.30. The van der Waals surface area contributed by atoms with Crippen LogP contribution < -0.4 is 0 Å². The van der Waals surface area contributed by atoms with Crippen molar-refractivity contribution in [2.75, 3.05) is 19.0 Å². The molecule has 1 nitrogen and oxygen atoms in total. The van der Waals surface area contributed by atoms with E-state index >= 15 is 0 Å². The quantitative estimate of drug-likeness (QED) is 0.760. The molecule has 2 rings (SSSR count). The number of nitrogens with zero attached hydrogens (tertiary/aromatic N) is 1. The zero-order valence-electron chi connectivity index (χ0n) is 9.63. The molecular formula is C13H16BrClFN. The third-order valence-electron chi connectivity index (χ3n) is 3.35. The maximum Gasteiger partial charge on any atom is 0.137 e. The van der Waals surface area contributed by atoms with Gasteiger partial charge in [-0.25, -0.2) is 4.39 Å². The van der Waals surface area contributed by atoms with Crippen LogP contribution >= 0.6 is 27.5 Å². The maximum atomic E-state index is 13.4. The van der Waals surface area contributed by atoms with Crippen LogP contribution in [0.5, 0.6) is 0 Å². The number of hydrogen-bond acceptors (Lipinski definition) is 1. The molecule has 1 saturated heterocycles. The molecule has 1 aliphatic rings. The SMILES string of the molecule is Fc1cccc(CN2CCC(CCl)CC2)c1Br. The summed E-state index contributed by atoms with van der Waals surface area (Å²) in [5, 5.41) is 0. The van der Waals surface area contributed by atoms with Gasteiger partial charge in [-0.05, 0) is 59.4 Å². The van der Waals surface area contributed by atoms with Gasteiger partial charge in [-0.1, -0.05) is 12.1 Å². The van der Waals surface area contributed by atoms with Crippen LogP contribution in [0.4, 0.5) is 4.39 Å². The van der Waals surface area contributed by atoms with Crippen molar-refractivity contribution in [3.8, 4) is 0 Å². The fourth-order valence-corrected chi connectivity index (χ4v) is 2.91. The van der Waals surface area contributed by atoms with Crippen molar-refractivity contribution in [3.05, 3.63) is 34.1 Å². The first-order valence-corrected chi connectivity index (χ1v) is 7.24. The highest BCUT2D eigenvalue weighted by atomic mass is 79.9. The van der Waals surface area contributed by atoms with E-state index in [1.807, 2.05) is 6.07 Å². The van der Waals surface area contributed by atoms with Gasteiger partial charge < -0.3 is 0 Å². The summed E-state index contributed by atoms with van der Waals surface area (Å²) < 4.78 is 14.0. The molecule has 1 aromatic carbocycles. The van der Waals surface area contributed by atoms with Crippen molar-refractivity contribution in [1.82, 2.24) is 4.90 Å². The Labute approximate surface area is 115 Å². The fraction of sp³-hybridized carbons (Fsp3) is 0.538. The lowest BCUT2D eigenvalue weighted by atomic mass is 9.98. The Balaban J connectivity index is 1.95. The minimum Gasteiger partial charge on any atom is -0.299 e. The topological polar surface area (TPSA) is 3.24 Å². The Morgan fingerprint density at radius 1 is 1.35 bits per heavy atom. The molecule has 0 unspecified atom stereocenters. The zero-order valence-corrected chi connectivity index (χ0v) is 12.0. The lowest BCUT2D eigenvalue weighted by Gasteiger charge is -2.31. The molecule has 0 bridgehead atoms. The predicted octanol–water partition coefficient (Wildman–Crippen LogP) is 4.04. The number of alkyl halides is 1. The van der Waals surface area contributed by atoms with Crippen LogP contribution in [0.1, 0.15) is 18.4 Å². The van der Waals surface area contributed by atoms with Crippen LogP contribution in [0.3, 0.4) is 0 Å². The largest absolute Gasteiger partial charge is 0.299 e. The van der Waals surface area contributed by atoms with E-state index in [0.717, 1.165) is 43.9 Å². The monoisotopic (exact) mass is 319 g/mol. The van der Waals surface area contributed by atoms with E-state index in [-0.39, 0.29) is 5.82 Å². The molecule has 4 heteroatoms. The Hall–Kier alpha value is -0.120. The highest BCUT2D eigenvalue weighted by molar-refractivity contribution is 9.10. The smallest absolute Gasteiger partial charge is 0.137 e. The van der Waals surface area contributed by atoms with Gasteiger partial charge in [-0.15, -0.1) is 11.6 Å². The molecular weight excluding hydrogens is 305 g/mol. The molecule has 1 heterocycles. The highest BCUT2D eigenvalue weighted by Crippen LogP contribution is 2.24. The summed E-state index contributed by atoms with van der Waals surface area (Å²) >= 11 is 9.17. The second-order valence-corrected chi connectivity index (χ2v) is 5.69. The van der Waals surface area contributed by atoms with Gasteiger partial charge in [-0.2, -0.15) is 0 Å². The summed E-state index contributed by atoms with van der Waals surface area (Å²) in [4.78, 5) is 2.36. The second-order valence-electron chi connectivity index (χ2n) is 4.59. The van der Waals surface area contributed by atoms with Crippen molar-refractivity contribution in [3.63, 3.8) is 0 Å². The fourth-order valence-electron chi connectivity index (χ4n) is 2.21. The Morgan fingerprint density at radius 3 is 2.71 bits per heavy atom. The summed E-state index contributed by atoms with van der Waals surface area (Å²) in [5.74, 6) is 1.24. The van der Waals surface area contributed by atoms with Gasteiger partial charge in [0.25, 0.3) is 0 Å². The third-order valence-corrected chi connectivity index (χ3v) is 4.68. The van der Waals surface area contributed by atoms with Crippen molar-refractivity contribution >= 4 is 27.5 Å². The van der Waals surface area contributed by atoms with E-state index in [1.165, 1.54) is 6.07 Å². The lowest BCUT2D eigenvalue weighted by Crippen LogP contribution is -2.33. The van der Waals surface area contributed by atoms with E-state index in [1.54, 1.807) is 6.07 Å². The van der Waals surface area contributed by atoms with Gasteiger partial charge in [-0.3, -0.25) is 4.90 Å².